The van der Waals surface area contributed by atoms with Crippen molar-refractivity contribution in [1.82, 2.24) is 0 Å². The van der Waals surface area contributed by atoms with E-state index >= 15 is 0 Å². The van der Waals surface area contributed by atoms with Crippen LogP contribution >= 0.6 is 11.6 Å². The molecule has 0 saturated carbocycles. The van der Waals surface area contributed by atoms with Crippen molar-refractivity contribution >= 4 is 24.0 Å². The molecule has 22 heavy (non-hydrogen) atoms. The second-order valence-corrected chi connectivity index (χ2v) is 6.16. The Bertz CT molecular complexity index is 710. The van der Waals surface area contributed by atoms with Crippen molar-refractivity contribution in [2.24, 2.45) is 0 Å². The van der Waals surface area contributed by atoms with Crippen molar-refractivity contribution in [3.63, 3.8) is 0 Å². The fourth-order valence-corrected chi connectivity index (χ4v) is 2.50. The van der Waals surface area contributed by atoms with E-state index in [0.29, 0.717) is 28.2 Å². The number of aldehydes is 1. The van der Waals surface area contributed by atoms with Gasteiger partial charge in [0.05, 0.1) is 16.1 Å². The van der Waals surface area contributed by atoms with Gasteiger partial charge in [0.2, 0.25) is 0 Å². The molecule has 0 bridgehead atoms. The Morgan fingerprint density at radius 3 is 2.68 bits per heavy atom. The smallest absolute Gasteiger partial charge is 0.154 e. The van der Waals surface area contributed by atoms with Crippen molar-refractivity contribution < 1.29 is 14.6 Å². The summed E-state index contributed by atoms with van der Waals surface area (Å²) in [6.45, 7) is 7.61. The molecule has 0 fully saturated rings. The highest BCUT2D eigenvalue weighted by Gasteiger charge is 2.30. The van der Waals surface area contributed by atoms with Gasteiger partial charge in [-0.1, -0.05) is 29.3 Å². The summed E-state index contributed by atoms with van der Waals surface area (Å²) in [7, 11) is 0. The van der Waals surface area contributed by atoms with Crippen molar-refractivity contribution in [2.75, 3.05) is 0 Å². The monoisotopic (exact) mass is 318 g/mol. The number of benzene rings is 1. The van der Waals surface area contributed by atoms with E-state index in [9.17, 15) is 9.90 Å². The molecule has 1 aliphatic heterocycles. The third-order valence-corrected chi connectivity index (χ3v) is 4.02. The molecule has 0 amide bonds. The van der Waals surface area contributed by atoms with E-state index in [0.717, 1.165) is 0 Å². The normalized spacial score (nSPS) is 19.7. The number of fused-ring (bicyclic) bond motifs is 1. The van der Waals surface area contributed by atoms with E-state index in [4.69, 9.17) is 16.3 Å². The number of carbonyl (C=O) groups excluding carboxylic acids is 1. The lowest BCUT2D eigenvalue weighted by molar-refractivity contribution is 0.112. The molecule has 1 aromatic rings. The van der Waals surface area contributed by atoms with Crippen LogP contribution in [0.5, 0.6) is 11.5 Å². The van der Waals surface area contributed by atoms with Crippen LogP contribution in [0, 0.1) is 6.92 Å². The van der Waals surface area contributed by atoms with Crippen molar-refractivity contribution in [2.45, 2.75) is 33.3 Å². The van der Waals surface area contributed by atoms with Crippen LogP contribution in [-0.2, 0) is 0 Å². The lowest BCUT2D eigenvalue weighted by Crippen LogP contribution is -2.29. The topological polar surface area (TPSA) is 46.5 Å². The molecule has 1 heterocycles. The van der Waals surface area contributed by atoms with Crippen LogP contribution in [0.1, 0.15) is 42.3 Å². The van der Waals surface area contributed by atoms with Crippen LogP contribution in [0.25, 0.3) is 6.08 Å². The Kier molecular flexibility index (Phi) is 4.47. The van der Waals surface area contributed by atoms with Gasteiger partial charge in [-0.25, -0.2) is 0 Å². The predicted molar refractivity (Wildman–Crippen MR) is 89.9 cm³/mol. The van der Waals surface area contributed by atoms with E-state index in [1.54, 1.807) is 13.0 Å². The summed E-state index contributed by atoms with van der Waals surface area (Å²) in [5, 5.41) is 10.6. The molecular weight excluding hydrogens is 300 g/mol. The van der Waals surface area contributed by atoms with Crippen LogP contribution in [0.15, 0.2) is 29.9 Å². The van der Waals surface area contributed by atoms with Gasteiger partial charge < -0.3 is 9.84 Å². The van der Waals surface area contributed by atoms with E-state index in [-0.39, 0.29) is 11.3 Å². The molecule has 0 aliphatic carbocycles. The molecule has 116 valence electrons. The van der Waals surface area contributed by atoms with E-state index in [1.807, 2.05) is 45.1 Å². The number of ether oxygens (including phenoxy) is 1. The minimum atomic E-state index is -0.663. The fourth-order valence-electron chi connectivity index (χ4n) is 2.26. The minimum Gasteiger partial charge on any atom is -0.506 e. The number of phenols is 1. The highest BCUT2D eigenvalue weighted by molar-refractivity contribution is 6.33. The van der Waals surface area contributed by atoms with Crippen LogP contribution in [0.2, 0.25) is 5.02 Å². The number of hydrogen-bond donors (Lipinski definition) is 1. The Hall–Kier alpha value is -2.00. The molecule has 1 N–H and O–H groups in total. The second kappa shape index (κ2) is 6.01. The molecule has 1 aromatic carbocycles. The van der Waals surface area contributed by atoms with Crippen LogP contribution in [-0.4, -0.2) is 17.0 Å². The van der Waals surface area contributed by atoms with Crippen LogP contribution in [0.3, 0.4) is 0 Å². The number of halogens is 1. The zero-order valence-electron chi connectivity index (χ0n) is 13.1. The zero-order valence-corrected chi connectivity index (χ0v) is 13.9. The minimum absolute atomic E-state index is 0.0986. The average molecular weight is 319 g/mol. The Balaban J connectivity index is 2.51. The van der Waals surface area contributed by atoms with Crippen LogP contribution in [0.4, 0.5) is 0 Å². The lowest BCUT2D eigenvalue weighted by Gasteiger charge is -2.30. The molecule has 1 aliphatic rings. The average Bonchev–Trinajstić information content (AvgIpc) is 2.45. The maximum absolute atomic E-state index is 11.1. The molecule has 1 unspecified atom stereocenters. The first-order valence-electron chi connectivity index (χ1n) is 7.00. The molecule has 0 spiro atoms. The number of phenolic OH excluding ortho intramolecular Hbond substituents is 1. The standard InChI is InChI=1S/C18H19ClO3/c1-11(2)6-5-8-18(4)9-7-13-16(21)14(10-20)12(3)15(19)17(13)22-18/h5-10,21H,1-4H3/b8-5+. The molecule has 0 saturated heterocycles. The van der Waals surface area contributed by atoms with E-state index < -0.39 is 5.60 Å². The fraction of sp³-hybridized carbons (Fsp3) is 0.278. The highest BCUT2D eigenvalue weighted by Crippen LogP contribution is 2.45. The van der Waals surface area contributed by atoms with E-state index in [1.165, 1.54) is 5.57 Å². The molecule has 4 heteroatoms. The summed E-state index contributed by atoms with van der Waals surface area (Å²) in [5.41, 5.74) is 1.66. The SMILES string of the molecule is CC(C)=C/C=C/C1(C)C=Cc2c(O)c(C=O)c(C)c(Cl)c2O1. The summed E-state index contributed by atoms with van der Waals surface area (Å²) in [6.07, 6.45) is 9.98. The van der Waals surface area contributed by atoms with Crippen molar-refractivity contribution in [3.05, 3.63) is 51.6 Å². The van der Waals surface area contributed by atoms with Gasteiger partial charge in [0.1, 0.15) is 11.4 Å². The predicted octanol–water partition coefficient (Wildman–Crippen LogP) is 4.85. The maximum Gasteiger partial charge on any atom is 0.154 e. The zero-order chi connectivity index (χ0) is 16.5. The molecule has 1 atom stereocenters. The van der Waals surface area contributed by atoms with E-state index in [2.05, 4.69) is 0 Å². The summed E-state index contributed by atoms with van der Waals surface area (Å²) in [5.74, 6) is 0.299. The van der Waals surface area contributed by atoms with Gasteiger partial charge in [0.25, 0.3) is 0 Å². The van der Waals surface area contributed by atoms with Gasteiger partial charge in [0.15, 0.2) is 12.0 Å². The largest absolute Gasteiger partial charge is 0.506 e. The first-order valence-corrected chi connectivity index (χ1v) is 7.38. The number of rotatable bonds is 3. The summed E-state index contributed by atoms with van der Waals surface area (Å²) < 4.78 is 5.98. The summed E-state index contributed by atoms with van der Waals surface area (Å²) in [4.78, 5) is 11.1. The Morgan fingerprint density at radius 2 is 2.09 bits per heavy atom. The number of allylic oxidation sites excluding steroid dienone is 3. The second-order valence-electron chi connectivity index (χ2n) is 5.78. The molecule has 0 aromatic heterocycles. The Morgan fingerprint density at radius 1 is 1.41 bits per heavy atom. The van der Waals surface area contributed by atoms with Crippen molar-refractivity contribution in [3.8, 4) is 11.5 Å². The molecule has 3 nitrogen and oxygen atoms in total. The number of hydrogen-bond acceptors (Lipinski definition) is 3. The first-order chi connectivity index (χ1) is 10.3. The summed E-state index contributed by atoms with van der Waals surface area (Å²) in [6, 6.07) is 0. The molecule has 0 radical (unpaired) electrons. The first kappa shape index (κ1) is 16.4. The van der Waals surface area contributed by atoms with Gasteiger partial charge in [-0.15, -0.1) is 0 Å². The van der Waals surface area contributed by atoms with Gasteiger partial charge in [-0.2, -0.15) is 0 Å². The summed E-state index contributed by atoms with van der Waals surface area (Å²) >= 11 is 6.31. The van der Waals surface area contributed by atoms with Gasteiger partial charge in [-0.05, 0) is 51.5 Å². The van der Waals surface area contributed by atoms with Gasteiger partial charge in [0, 0.05) is 0 Å². The van der Waals surface area contributed by atoms with Crippen molar-refractivity contribution in [1.29, 1.82) is 0 Å². The van der Waals surface area contributed by atoms with Crippen LogP contribution < -0.4 is 4.74 Å². The lowest BCUT2D eigenvalue weighted by atomic mass is 9.95. The highest BCUT2D eigenvalue weighted by atomic mass is 35.5. The molecule has 2 rings (SSSR count). The third kappa shape index (κ3) is 2.95. The van der Waals surface area contributed by atoms with Gasteiger partial charge in [-0.3, -0.25) is 4.79 Å². The maximum atomic E-state index is 11.1. The Labute approximate surface area is 135 Å². The van der Waals surface area contributed by atoms with Gasteiger partial charge >= 0.3 is 0 Å². The molecular formula is C18H19ClO3. The quantitative estimate of drug-likeness (QED) is 0.640. The number of carbonyl (C=O) groups is 1. The number of aromatic hydroxyl groups is 1. The third-order valence-electron chi connectivity index (χ3n) is 3.56.